The molecule has 204 valence electrons. The highest BCUT2D eigenvalue weighted by atomic mass is 35.5. The second-order valence-corrected chi connectivity index (χ2v) is 11.5. The van der Waals surface area contributed by atoms with Gasteiger partial charge in [0.15, 0.2) is 0 Å². The molecule has 6 rings (SSSR count). The quantitative estimate of drug-likeness (QED) is 0.405. The molecule has 3 aliphatic carbocycles. The maximum absolute atomic E-state index is 13.4. The van der Waals surface area contributed by atoms with Gasteiger partial charge < -0.3 is 20.2 Å². The number of nitrogens with one attached hydrogen (secondary N) is 3. The maximum Gasteiger partial charge on any atom is 0.251 e. The van der Waals surface area contributed by atoms with Crippen LogP contribution in [0, 0.1) is 17.8 Å². The van der Waals surface area contributed by atoms with Crippen molar-refractivity contribution in [2.45, 2.75) is 31.3 Å². The van der Waals surface area contributed by atoms with Gasteiger partial charge in [0.25, 0.3) is 17.4 Å². The van der Waals surface area contributed by atoms with Gasteiger partial charge in [-0.1, -0.05) is 66.3 Å². The lowest BCUT2D eigenvalue weighted by Crippen LogP contribution is -2.46. The lowest BCUT2D eigenvalue weighted by molar-refractivity contribution is -0.118. The van der Waals surface area contributed by atoms with Gasteiger partial charge in [0.2, 0.25) is 0 Å². The number of benzene rings is 1. The Morgan fingerprint density at radius 2 is 2.00 bits per heavy atom. The first kappa shape index (κ1) is 26.1. The number of H-pyrrole nitrogens is 1. The van der Waals surface area contributed by atoms with E-state index in [1.54, 1.807) is 47.3 Å². The van der Waals surface area contributed by atoms with Crippen LogP contribution in [-0.2, 0) is 10.3 Å². The molecule has 0 bridgehead atoms. The molecule has 3 aliphatic rings. The molecule has 2 aromatic heterocycles. The highest BCUT2D eigenvalue weighted by Gasteiger charge is 2.42. The standard InChI is InChI=1S/C32H31ClN4O3/c1-32(37-15-5-4-8-28(37)38)13-11-20(12-14-32)31(40)36-29-23(16-21-6-2-3-7-24(21)29)18-35-30(39)22-9-10-25-26(33)19-34-27(25)17-22/h2-13,15,17,19,21,23-24,29,34H,14,16,18H2,1H3,(H,35,39)(H,36,40). The second kappa shape index (κ2) is 10.5. The molecule has 5 unspecified atom stereocenters. The minimum Gasteiger partial charge on any atom is -0.360 e. The summed E-state index contributed by atoms with van der Waals surface area (Å²) in [6, 6.07) is 10.4. The molecule has 0 radical (unpaired) electrons. The number of allylic oxidation sites excluding steroid dienone is 5. The molecule has 0 saturated heterocycles. The summed E-state index contributed by atoms with van der Waals surface area (Å²) in [5.74, 6) is 0.235. The summed E-state index contributed by atoms with van der Waals surface area (Å²) in [6.45, 7) is 2.43. The molecule has 0 spiro atoms. The average Bonchev–Trinajstić information content (AvgIpc) is 3.51. The fraction of sp³-hybridized carbons (Fsp3) is 0.281. The SMILES string of the molecule is CC1(n2ccccc2=O)C=CC(C(=O)NC2C(CNC(=O)c3ccc4c(Cl)c[nH]c4c3)CC3C=CC=CC32)=CC1. The lowest BCUT2D eigenvalue weighted by atomic mass is 9.88. The molecule has 40 heavy (non-hydrogen) atoms. The first-order chi connectivity index (χ1) is 19.3. The van der Waals surface area contributed by atoms with E-state index in [0.717, 1.165) is 17.3 Å². The van der Waals surface area contributed by atoms with Crippen molar-refractivity contribution < 1.29 is 9.59 Å². The van der Waals surface area contributed by atoms with Crippen LogP contribution in [0.25, 0.3) is 10.9 Å². The van der Waals surface area contributed by atoms with E-state index < -0.39 is 5.54 Å². The topological polar surface area (TPSA) is 96.0 Å². The summed E-state index contributed by atoms with van der Waals surface area (Å²) in [5.41, 5.74) is 1.35. The third kappa shape index (κ3) is 4.86. The number of hydrogen-bond donors (Lipinski definition) is 3. The van der Waals surface area contributed by atoms with Gasteiger partial charge in [-0.2, -0.15) is 0 Å². The van der Waals surface area contributed by atoms with Gasteiger partial charge in [-0.25, -0.2) is 0 Å². The number of nitrogens with zero attached hydrogens (tertiary/aromatic N) is 1. The van der Waals surface area contributed by atoms with Crippen molar-refractivity contribution in [3.05, 3.63) is 118 Å². The van der Waals surface area contributed by atoms with Crippen molar-refractivity contribution in [1.82, 2.24) is 20.2 Å². The monoisotopic (exact) mass is 554 g/mol. The van der Waals surface area contributed by atoms with Gasteiger partial charge >= 0.3 is 0 Å². The second-order valence-electron chi connectivity index (χ2n) is 11.1. The van der Waals surface area contributed by atoms with Gasteiger partial charge in [-0.05, 0) is 49.8 Å². The van der Waals surface area contributed by atoms with Gasteiger partial charge in [0.1, 0.15) is 0 Å². The maximum atomic E-state index is 13.4. The summed E-state index contributed by atoms with van der Waals surface area (Å²) < 4.78 is 1.69. The molecule has 1 fully saturated rings. The molecule has 5 atom stereocenters. The third-order valence-electron chi connectivity index (χ3n) is 8.50. The Balaban J connectivity index is 1.14. The zero-order valence-corrected chi connectivity index (χ0v) is 22.9. The highest BCUT2D eigenvalue weighted by molar-refractivity contribution is 6.35. The number of halogens is 1. The number of fused-ring (bicyclic) bond motifs is 2. The van der Waals surface area contributed by atoms with Crippen LogP contribution in [0.3, 0.4) is 0 Å². The van der Waals surface area contributed by atoms with E-state index in [1.807, 2.05) is 37.3 Å². The van der Waals surface area contributed by atoms with E-state index in [0.29, 0.717) is 35.0 Å². The van der Waals surface area contributed by atoms with Crippen LogP contribution in [0.15, 0.2) is 102 Å². The molecule has 7 nitrogen and oxygen atoms in total. The minimum atomic E-state index is -0.529. The van der Waals surface area contributed by atoms with E-state index in [-0.39, 0.29) is 35.3 Å². The van der Waals surface area contributed by atoms with E-state index in [2.05, 4.69) is 33.8 Å². The number of amides is 2. The van der Waals surface area contributed by atoms with Gasteiger partial charge in [0, 0.05) is 59.0 Å². The molecule has 1 aromatic carbocycles. The zero-order chi connectivity index (χ0) is 27.9. The Morgan fingerprint density at radius 1 is 1.15 bits per heavy atom. The normalized spacial score (nSPS) is 26.9. The van der Waals surface area contributed by atoms with Crippen molar-refractivity contribution in [2.24, 2.45) is 17.8 Å². The number of aromatic nitrogens is 2. The van der Waals surface area contributed by atoms with Crippen molar-refractivity contribution >= 4 is 34.3 Å². The number of carbonyl (C=O) groups excluding carboxylic acids is 2. The van der Waals surface area contributed by atoms with Crippen molar-refractivity contribution in [3.8, 4) is 0 Å². The summed E-state index contributed by atoms with van der Waals surface area (Å²) >= 11 is 6.17. The first-order valence-corrected chi connectivity index (χ1v) is 14.0. The first-order valence-electron chi connectivity index (χ1n) is 13.6. The smallest absolute Gasteiger partial charge is 0.251 e. The molecule has 3 N–H and O–H groups in total. The van der Waals surface area contributed by atoms with Crippen LogP contribution < -0.4 is 16.2 Å². The summed E-state index contributed by atoms with van der Waals surface area (Å²) in [5, 5.41) is 7.88. The van der Waals surface area contributed by atoms with Crippen LogP contribution in [0.1, 0.15) is 30.1 Å². The fourth-order valence-electron chi connectivity index (χ4n) is 6.24. The van der Waals surface area contributed by atoms with E-state index in [1.165, 1.54) is 0 Å². The van der Waals surface area contributed by atoms with Gasteiger partial charge in [-0.15, -0.1) is 0 Å². The van der Waals surface area contributed by atoms with Crippen LogP contribution in [0.4, 0.5) is 0 Å². The highest BCUT2D eigenvalue weighted by Crippen LogP contribution is 2.40. The number of aromatic amines is 1. The zero-order valence-electron chi connectivity index (χ0n) is 22.1. The van der Waals surface area contributed by atoms with Crippen LogP contribution in [0.5, 0.6) is 0 Å². The summed E-state index contributed by atoms with van der Waals surface area (Å²) in [6.07, 6.45) is 18.9. The van der Waals surface area contributed by atoms with Crippen molar-refractivity contribution in [1.29, 1.82) is 0 Å². The van der Waals surface area contributed by atoms with Crippen molar-refractivity contribution in [2.75, 3.05) is 6.54 Å². The van der Waals surface area contributed by atoms with Crippen LogP contribution >= 0.6 is 11.6 Å². The average molecular weight is 555 g/mol. The molecule has 8 heteroatoms. The molecule has 2 heterocycles. The predicted molar refractivity (Wildman–Crippen MR) is 157 cm³/mol. The summed E-state index contributed by atoms with van der Waals surface area (Å²) in [4.78, 5) is 41.9. The van der Waals surface area contributed by atoms with Gasteiger partial charge in [-0.3, -0.25) is 14.4 Å². The number of hydrogen-bond acceptors (Lipinski definition) is 3. The Morgan fingerprint density at radius 3 is 2.80 bits per heavy atom. The molecule has 1 saturated carbocycles. The molecule has 0 aliphatic heterocycles. The van der Waals surface area contributed by atoms with E-state index >= 15 is 0 Å². The number of rotatable bonds is 6. The van der Waals surface area contributed by atoms with E-state index in [4.69, 9.17) is 11.6 Å². The Labute approximate surface area is 237 Å². The molecular formula is C32H31ClN4O3. The molecule has 2 amide bonds. The molecule has 3 aromatic rings. The third-order valence-corrected chi connectivity index (χ3v) is 8.82. The van der Waals surface area contributed by atoms with Gasteiger partial charge in [0.05, 0.1) is 10.6 Å². The van der Waals surface area contributed by atoms with E-state index in [9.17, 15) is 14.4 Å². The Hall–Kier alpha value is -4.10. The Kier molecular flexibility index (Phi) is 6.84. The predicted octanol–water partition coefficient (Wildman–Crippen LogP) is 4.88. The number of carbonyl (C=O) groups is 2. The van der Waals surface area contributed by atoms with Crippen molar-refractivity contribution in [3.63, 3.8) is 0 Å². The Bertz CT molecular complexity index is 1660. The summed E-state index contributed by atoms with van der Waals surface area (Å²) in [7, 11) is 0. The van der Waals surface area contributed by atoms with Crippen LogP contribution in [0.2, 0.25) is 5.02 Å². The van der Waals surface area contributed by atoms with Crippen LogP contribution in [-0.4, -0.2) is 34.0 Å². The largest absolute Gasteiger partial charge is 0.360 e. The minimum absolute atomic E-state index is 0.0697. The lowest BCUT2D eigenvalue weighted by Gasteiger charge is -2.31. The molecular weight excluding hydrogens is 524 g/mol. The fourth-order valence-corrected chi connectivity index (χ4v) is 6.46. The number of pyridine rings is 1.